The van der Waals surface area contributed by atoms with Gasteiger partial charge in [-0.2, -0.15) is 0 Å². The summed E-state index contributed by atoms with van der Waals surface area (Å²) in [7, 11) is 0. The fourth-order valence-corrected chi connectivity index (χ4v) is 3.97. The minimum absolute atomic E-state index is 0.181. The molecule has 0 bridgehead atoms. The molecule has 3 rings (SSSR count). The summed E-state index contributed by atoms with van der Waals surface area (Å²) < 4.78 is 6.76. The van der Waals surface area contributed by atoms with Crippen molar-refractivity contribution in [3.05, 3.63) is 29.3 Å². The Morgan fingerprint density at radius 1 is 1.33 bits per heavy atom. The fourth-order valence-electron chi connectivity index (χ4n) is 2.80. The van der Waals surface area contributed by atoms with Gasteiger partial charge in [0.1, 0.15) is 5.75 Å². The highest BCUT2D eigenvalue weighted by atomic mass is 32.2. The molecule has 1 heterocycles. The normalized spacial score (nSPS) is 14.8. The number of aryl methyl sites for hydroxylation is 2. The number of aromatic nitrogens is 2. The Hall–Kier alpha value is -1.60. The van der Waals surface area contributed by atoms with Crippen LogP contribution < -0.4 is 10.1 Å². The lowest BCUT2D eigenvalue weighted by atomic mass is 9.92. The van der Waals surface area contributed by atoms with Gasteiger partial charge < -0.3 is 4.74 Å². The van der Waals surface area contributed by atoms with Gasteiger partial charge >= 0.3 is 0 Å². The van der Waals surface area contributed by atoms with Crippen molar-refractivity contribution in [1.29, 1.82) is 0 Å². The Balaban J connectivity index is 1.66. The summed E-state index contributed by atoms with van der Waals surface area (Å²) in [5.74, 6) is 0.582. The molecule has 2 aromatic rings. The first-order valence-electron chi connectivity index (χ1n) is 8.16. The molecule has 1 aromatic heterocycles. The average molecular weight is 364 g/mol. The van der Waals surface area contributed by atoms with Crippen molar-refractivity contribution in [2.75, 3.05) is 11.6 Å². The van der Waals surface area contributed by atoms with Gasteiger partial charge in [-0.15, -0.1) is 10.2 Å². The largest absolute Gasteiger partial charge is 0.481 e. The second-order valence-electron chi connectivity index (χ2n) is 5.72. The summed E-state index contributed by atoms with van der Waals surface area (Å²) in [6, 6.07) is 6.18. The number of anilines is 1. The molecular weight excluding hydrogens is 342 g/mol. The number of benzene rings is 1. The Morgan fingerprint density at radius 2 is 2.12 bits per heavy atom. The van der Waals surface area contributed by atoms with E-state index in [4.69, 9.17) is 4.74 Å². The number of nitrogens with zero attached hydrogens (tertiary/aromatic N) is 2. The molecule has 0 spiro atoms. The van der Waals surface area contributed by atoms with Crippen LogP contribution in [0.15, 0.2) is 22.5 Å². The van der Waals surface area contributed by atoms with Gasteiger partial charge in [-0.25, -0.2) is 0 Å². The quantitative estimate of drug-likeness (QED) is 0.622. The van der Waals surface area contributed by atoms with Crippen LogP contribution in [0.4, 0.5) is 5.13 Å². The fraction of sp³-hybridized carbons (Fsp3) is 0.471. The lowest BCUT2D eigenvalue weighted by Crippen LogP contribution is -2.32. The minimum Gasteiger partial charge on any atom is -0.481 e. The van der Waals surface area contributed by atoms with E-state index in [-0.39, 0.29) is 5.91 Å². The molecular formula is C17H21N3O2S2. The molecule has 1 aromatic carbocycles. The van der Waals surface area contributed by atoms with Crippen molar-refractivity contribution >= 4 is 34.1 Å². The van der Waals surface area contributed by atoms with E-state index in [9.17, 15) is 4.79 Å². The zero-order valence-corrected chi connectivity index (χ0v) is 15.5. The zero-order chi connectivity index (χ0) is 16.9. The second-order valence-corrected chi connectivity index (χ2v) is 7.75. The first kappa shape index (κ1) is 17.2. The molecule has 0 saturated carbocycles. The number of thioether (sulfide) groups is 1. The van der Waals surface area contributed by atoms with Crippen LogP contribution in [0.5, 0.6) is 5.75 Å². The Bertz CT molecular complexity index is 718. The molecule has 0 saturated heterocycles. The number of hydrogen-bond donors (Lipinski definition) is 1. The van der Waals surface area contributed by atoms with E-state index in [2.05, 4.69) is 27.6 Å². The van der Waals surface area contributed by atoms with Crippen LogP contribution in [0.3, 0.4) is 0 Å². The maximum Gasteiger partial charge on any atom is 0.267 e. The van der Waals surface area contributed by atoms with Crippen molar-refractivity contribution in [3.8, 4) is 5.75 Å². The van der Waals surface area contributed by atoms with E-state index in [1.807, 2.05) is 19.2 Å². The van der Waals surface area contributed by atoms with E-state index in [1.54, 1.807) is 0 Å². The molecule has 128 valence electrons. The Morgan fingerprint density at radius 3 is 2.83 bits per heavy atom. The van der Waals surface area contributed by atoms with Crippen molar-refractivity contribution in [2.45, 2.75) is 49.5 Å². The van der Waals surface area contributed by atoms with Crippen LogP contribution in [-0.4, -0.2) is 28.5 Å². The molecule has 1 amide bonds. The average Bonchev–Trinajstić information content (AvgIpc) is 3.07. The van der Waals surface area contributed by atoms with Crippen LogP contribution >= 0.6 is 23.1 Å². The zero-order valence-electron chi connectivity index (χ0n) is 13.9. The third-order valence-corrected chi connectivity index (χ3v) is 5.89. The number of ether oxygens (including phenoxy) is 1. The molecule has 0 fully saturated rings. The van der Waals surface area contributed by atoms with E-state index in [0.717, 1.165) is 22.9 Å². The number of hydrogen-bond acceptors (Lipinski definition) is 6. The SMILES string of the molecule is CCC(Oc1ccc2c(c1)CCCC2)C(=O)Nc1nnc(SC)s1. The van der Waals surface area contributed by atoms with Crippen molar-refractivity contribution in [3.63, 3.8) is 0 Å². The molecule has 1 unspecified atom stereocenters. The summed E-state index contributed by atoms with van der Waals surface area (Å²) >= 11 is 2.88. The van der Waals surface area contributed by atoms with Gasteiger partial charge in [-0.3, -0.25) is 10.1 Å². The molecule has 1 aliphatic carbocycles. The van der Waals surface area contributed by atoms with Crippen LogP contribution in [0.2, 0.25) is 0 Å². The Labute approximate surface area is 150 Å². The number of amides is 1. The lowest BCUT2D eigenvalue weighted by molar-refractivity contribution is -0.122. The molecule has 0 aliphatic heterocycles. The summed E-state index contributed by atoms with van der Waals surface area (Å²) in [6.45, 7) is 1.94. The highest BCUT2D eigenvalue weighted by Gasteiger charge is 2.21. The number of nitrogens with one attached hydrogen (secondary N) is 1. The standard InChI is InChI=1S/C17H21N3O2S2/c1-3-14(15(21)18-16-19-20-17(23-2)24-16)22-13-9-8-11-6-4-5-7-12(11)10-13/h8-10,14H,3-7H2,1-2H3,(H,18,19,21). The monoisotopic (exact) mass is 363 g/mol. The van der Waals surface area contributed by atoms with Gasteiger partial charge in [0, 0.05) is 0 Å². The maximum absolute atomic E-state index is 12.4. The van der Waals surface area contributed by atoms with E-state index in [1.165, 1.54) is 47.1 Å². The predicted octanol–water partition coefficient (Wildman–Crippen LogP) is 3.93. The van der Waals surface area contributed by atoms with Crippen LogP contribution in [0.1, 0.15) is 37.3 Å². The first-order chi connectivity index (χ1) is 11.7. The van der Waals surface area contributed by atoms with Crippen molar-refractivity contribution in [2.24, 2.45) is 0 Å². The number of fused-ring (bicyclic) bond motifs is 1. The van der Waals surface area contributed by atoms with Gasteiger partial charge in [0.15, 0.2) is 10.4 Å². The van der Waals surface area contributed by atoms with E-state index in [0.29, 0.717) is 11.6 Å². The van der Waals surface area contributed by atoms with Crippen LogP contribution in [0.25, 0.3) is 0 Å². The molecule has 5 nitrogen and oxygen atoms in total. The molecule has 1 N–H and O–H groups in total. The topological polar surface area (TPSA) is 64.1 Å². The maximum atomic E-state index is 12.4. The molecule has 1 atom stereocenters. The first-order valence-corrected chi connectivity index (χ1v) is 10.2. The van der Waals surface area contributed by atoms with Gasteiger partial charge in [0.05, 0.1) is 0 Å². The van der Waals surface area contributed by atoms with E-state index >= 15 is 0 Å². The van der Waals surface area contributed by atoms with Gasteiger partial charge in [-0.05, 0) is 61.6 Å². The smallest absolute Gasteiger partial charge is 0.267 e. The number of carbonyl (C=O) groups is 1. The van der Waals surface area contributed by atoms with Gasteiger partial charge in [-0.1, -0.05) is 36.1 Å². The third-order valence-electron chi connectivity index (χ3n) is 4.07. The third kappa shape index (κ3) is 4.08. The summed E-state index contributed by atoms with van der Waals surface area (Å²) in [4.78, 5) is 12.4. The highest BCUT2D eigenvalue weighted by Crippen LogP contribution is 2.27. The molecule has 7 heteroatoms. The predicted molar refractivity (Wildman–Crippen MR) is 98.1 cm³/mol. The molecule has 24 heavy (non-hydrogen) atoms. The van der Waals surface area contributed by atoms with Crippen molar-refractivity contribution in [1.82, 2.24) is 10.2 Å². The lowest BCUT2D eigenvalue weighted by Gasteiger charge is -2.20. The van der Waals surface area contributed by atoms with Crippen LogP contribution in [0, 0.1) is 0 Å². The number of carbonyl (C=O) groups excluding carboxylic acids is 1. The summed E-state index contributed by atoms with van der Waals surface area (Å²) in [6.07, 6.45) is 6.71. The number of rotatable bonds is 6. The highest BCUT2D eigenvalue weighted by molar-refractivity contribution is 8.00. The van der Waals surface area contributed by atoms with Gasteiger partial charge in [0.25, 0.3) is 5.91 Å². The second kappa shape index (κ2) is 7.98. The Kier molecular flexibility index (Phi) is 5.73. The van der Waals surface area contributed by atoms with E-state index < -0.39 is 6.10 Å². The minimum atomic E-state index is -0.534. The van der Waals surface area contributed by atoms with Crippen LogP contribution in [-0.2, 0) is 17.6 Å². The van der Waals surface area contributed by atoms with Crippen molar-refractivity contribution < 1.29 is 9.53 Å². The summed E-state index contributed by atoms with van der Waals surface area (Å²) in [5.41, 5.74) is 2.76. The summed E-state index contributed by atoms with van der Waals surface area (Å²) in [5, 5.41) is 11.3. The molecule has 0 radical (unpaired) electrons. The van der Waals surface area contributed by atoms with Gasteiger partial charge in [0.2, 0.25) is 5.13 Å². The molecule has 1 aliphatic rings.